The summed E-state index contributed by atoms with van der Waals surface area (Å²) in [5.41, 5.74) is 4.86. The SMILES string of the molecule is C[Si]1O[Si](C)O[Si](C)(CCCNC(=O)OCC2c3ccccc3-c3ccccc32)O[Si](C)O1. The second kappa shape index (κ2) is 10.8. The fourth-order valence-electron chi connectivity index (χ4n) is 4.45. The van der Waals surface area contributed by atoms with Gasteiger partial charge in [0.25, 0.3) is 0 Å². The Morgan fingerprint density at radius 1 is 0.939 bits per heavy atom. The van der Waals surface area contributed by atoms with Crippen LogP contribution in [0.2, 0.25) is 32.2 Å². The van der Waals surface area contributed by atoms with Crippen LogP contribution < -0.4 is 5.32 Å². The van der Waals surface area contributed by atoms with Crippen molar-refractivity contribution in [3.8, 4) is 11.1 Å². The van der Waals surface area contributed by atoms with Crippen LogP contribution in [-0.2, 0) is 21.2 Å². The van der Waals surface area contributed by atoms with Crippen molar-refractivity contribution in [1.82, 2.24) is 5.32 Å². The molecule has 2 aromatic carbocycles. The first-order chi connectivity index (χ1) is 15.8. The molecule has 2 aromatic rings. The lowest BCUT2D eigenvalue weighted by Crippen LogP contribution is -2.53. The maximum atomic E-state index is 12.4. The van der Waals surface area contributed by atoms with Crippen molar-refractivity contribution >= 4 is 42.5 Å². The first-order valence-electron chi connectivity index (χ1n) is 11.2. The summed E-state index contributed by atoms with van der Waals surface area (Å²) in [6.45, 7) is 8.83. The highest BCUT2D eigenvalue weighted by Gasteiger charge is 2.40. The van der Waals surface area contributed by atoms with Crippen molar-refractivity contribution < 1.29 is 26.0 Å². The van der Waals surface area contributed by atoms with Crippen LogP contribution in [0.1, 0.15) is 23.5 Å². The second-order valence-electron chi connectivity index (χ2n) is 8.37. The molecule has 33 heavy (non-hydrogen) atoms. The summed E-state index contributed by atoms with van der Waals surface area (Å²) in [6, 6.07) is 17.4. The van der Waals surface area contributed by atoms with Gasteiger partial charge in [0.05, 0.1) is 0 Å². The molecular formula is C22H30NO6Si4. The van der Waals surface area contributed by atoms with Crippen molar-refractivity contribution in [3.63, 3.8) is 0 Å². The van der Waals surface area contributed by atoms with E-state index in [1.807, 2.05) is 43.9 Å². The molecule has 2 aliphatic rings. The van der Waals surface area contributed by atoms with Crippen LogP contribution >= 0.6 is 0 Å². The number of benzene rings is 2. The third-order valence-corrected chi connectivity index (χ3v) is 17.3. The lowest BCUT2D eigenvalue weighted by atomic mass is 9.98. The fraction of sp³-hybridized carbons (Fsp3) is 0.409. The van der Waals surface area contributed by atoms with Crippen molar-refractivity contribution in [2.45, 2.75) is 44.6 Å². The Kier molecular flexibility index (Phi) is 8.02. The zero-order valence-electron chi connectivity index (χ0n) is 19.5. The fourth-order valence-corrected chi connectivity index (χ4v) is 16.4. The monoisotopic (exact) mass is 516 g/mol. The van der Waals surface area contributed by atoms with Crippen LogP contribution in [0, 0.1) is 0 Å². The molecule has 1 amide bonds. The molecule has 0 bridgehead atoms. The molecule has 3 radical (unpaired) electrons. The molecule has 11 heteroatoms. The van der Waals surface area contributed by atoms with Gasteiger partial charge in [-0.15, -0.1) is 0 Å². The number of nitrogens with one attached hydrogen (secondary N) is 1. The Morgan fingerprint density at radius 2 is 1.48 bits per heavy atom. The minimum Gasteiger partial charge on any atom is -0.449 e. The Hall–Kier alpha value is -1.58. The highest BCUT2D eigenvalue weighted by molar-refractivity contribution is 6.81. The largest absolute Gasteiger partial charge is 0.449 e. The molecule has 0 spiro atoms. The van der Waals surface area contributed by atoms with Gasteiger partial charge in [0, 0.05) is 12.5 Å². The summed E-state index contributed by atoms with van der Waals surface area (Å²) in [5, 5.41) is 2.88. The molecule has 1 N–H and O–H groups in total. The number of hydrogen-bond acceptors (Lipinski definition) is 6. The molecule has 1 fully saturated rings. The Morgan fingerprint density at radius 3 is 2.06 bits per heavy atom. The van der Waals surface area contributed by atoms with E-state index in [9.17, 15) is 4.79 Å². The number of carbonyl (C=O) groups excluding carboxylic acids is 1. The standard InChI is InChI=1S/C22H30NO6Si4/c1-30-26-31(2)28-33(4,29-32(3)27-30)15-9-14-23-22(24)25-16-21-19-12-7-5-10-17(19)18-11-6-8-13-20(18)21/h5-8,10-13,21H,9,14-16H2,1-4H3,(H,23,24). The van der Waals surface area contributed by atoms with E-state index in [0.29, 0.717) is 13.2 Å². The van der Waals surface area contributed by atoms with Crippen molar-refractivity contribution in [3.05, 3.63) is 59.7 Å². The molecule has 0 atom stereocenters. The van der Waals surface area contributed by atoms with E-state index < -0.39 is 42.5 Å². The van der Waals surface area contributed by atoms with Crippen LogP contribution in [0.5, 0.6) is 0 Å². The summed E-state index contributed by atoms with van der Waals surface area (Å²) in [4.78, 5) is 12.4. The summed E-state index contributed by atoms with van der Waals surface area (Å²) in [5.74, 6) is 0.0615. The van der Waals surface area contributed by atoms with Crippen molar-refractivity contribution in [1.29, 1.82) is 0 Å². The highest BCUT2D eigenvalue weighted by atomic mass is 28.5. The summed E-state index contributed by atoms with van der Waals surface area (Å²) < 4.78 is 29.8. The molecule has 0 aromatic heterocycles. The average Bonchev–Trinajstić information content (AvgIpc) is 3.08. The number of rotatable bonds is 6. The van der Waals surface area contributed by atoms with Crippen LogP contribution in [0.25, 0.3) is 11.1 Å². The van der Waals surface area contributed by atoms with Crippen molar-refractivity contribution in [2.24, 2.45) is 0 Å². The highest BCUT2D eigenvalue weighted by Crippen LogP contribution is 2.44. The quantitative estimate of drug-likeness (QED) is 0.452. The first kappa shape index (κ1) is 24.5. The number of amides is 1. The number of alkyl carbamates (subject to hydrolysis) is 1. The maximum absolute atomic E-state index is 12.4. The van der Waals surface area contributed by atoms with Gasteiger partial charge >= 0.3 is 42.5 Å². The number of fused-ring (bicyclic) bond motifs is 3. The summed E-state index contributed by atoms with van der Waals surface area (Å²) in [7, 11) is -6.47. The van der Waals surface area contributed by atoms with Crippen molar-refractivity contribution in [2.75, 3.05) is 13.2 Å². The van der Waals surface area contributed by atoms with Crippen LogP contribution in [0.3, 0.4) is 0 Å². The van der Waals surface area contributed by atoms with E-state index in [4.69, 9.17) is 21.2 Å². The predicted molar refractivity (Wildman–Crippen MR) is 133 cm³/mol. The lowest BCUT2D eigenvalue weighted by molar-refractivity contribution is 0.143. The molecule has 4 rings (SSSR count). The molecule has 0 unspecified atom stereocenters. The minimum atomic E-state index is -2.40. The van der Waals surface area contributed by atoms with E-state index in [-0.39, 0.29) is 5.92 Å². The second-order valence-corrected chi connectivity index (χ2v) is 17.4. The zero-order valence-corrected chi connectivity index (χ0v) is 23.5. The van der Waals surface area contributed by atoms with Gasteiger partial charge in [0.15, 0.2) is 0 Å². The maximum Gasteiger partial charge on any atom is 0.407 e. The Labute approximate surface area is 202 Å². The smallest absolute Gasteiger partial charge is 0.407 e. The molecule has 1 heterocycles. The van der Waals surface area contributed by atoms with Gasteiger partial charge in [-0.05, 0) is 60.9 Å². The summed E-state index contributed by atoms with van der Waals surface area (Å²) in [6.07, 6.45) is 0.356. The Bertz CT molecular complexity index is 920. The molecule has 1 saturated heterocycles. The molecular weight excluding hydrogens is 487 g/mol. The minimum absolute atomic E-state index is 0.0615. The van der Waals surface area contributed by atoms with Gasteiger partial charge in [-0.1, -0.05) is 48.5 Å². The molecule has 1 aliphatic heterocycles. The normalized spacial score (nSPS) is 19.4. The van der Waals surface area contributed by atoms with E-state index in [1.54, 1.807) is 0 Å². The third-order valence-electron chi connectivity index (χ3n) is 5.71. The van der Waals surface area contributed by atoms with Gasteiger partial charge in [-0.3, -0.25) is 0 Å². The molecule has 0 saturated carbocycles. The summed E-state index contributed by atoms with van der Waals surface area (Å²) >= 11 is 0. The van der Waals surface area contributed by atoms with Gasteiger partial charge in [-0.25, -0.2) is 4.79 Å². The van der Waals surface area contributed by atoms with Crippen LogP contribution in [0.4, 0.5) is 4.79 Å². The average molecular weight is 517 g/mol. The first-order valence-corrected chi connectivity index (χ1v) is 19.2. The number of ether oxygens (including phenoxy) is 1. The van der Waals surface area contributed by atoms with E-state index in [0.717, 1.165) is 12.5 Å². The Balaban J connectivity index is 1.25. The third kappa shape index (κ3) is 6.11. The topological polar surface area (TPSA) is 75.3 Å². The molecule has 1 aliphatic carbocycles. The van der Waals surface area contributed by atoms with Gasteiger partial charge in [0.1, 0.15) is 6.61 Å². The van der Waals surface area contributed by atoms with Crippen LogP contribution in [0.15, 0.2) is 48.5 Å². The zero-order chi connectivity index (χ0) is 23.4. The predicted octanol–water partition coefficient (Wildman–Crippen LogP) is 4.42. The molecule has 175 valence electrons. The number of carbonyl (C=O) groups is 1. The van der Waals surface area contributed by atoms with Crippen LogP contribution in [-0.4, -0.2) is 55.7 Å². The van der Waals surface area contributed by atoms with Gasteiger partial charge < -0.3 is 26.5 Å². The van der Waals surface area contributed by atoms with Gasteiger partial charge in [0.2, 0.25) is 0 Å². The number of hydrogen-bond donors (Lipinski definition) is 1. The van der Waals surface area contributed by atoms with Gasteiger partial charge in [-0.2, -0.15) is 0 Å². The lowest BCUT2D eigenvalue weighted by Gasteiger charge is -2.35. The van der Waals surface area contributed by atoms with E-state index in [2.05, 4.69) is 36.1 Å². The van der Waals surface area contributed by atoms with E-state index in [1.165, 1.54) is 22.3 Å². The molecule has 7 nitrogen and oxygen atoms in total. The van der Waals surface area contributed by atoms with E-state index >= 15 is 0 Å².